The SMILES string of the molecule is O=C(Cc1coc(-c2ccc(F)cc2)n1)N1CCCNCC1. The molecular formula is C16H18FN3O2. The Bertz CT molecular complexity index is 631. The minimum atomic E-state index is -0.305. The minimum absolute atomic E-state index is 0.0580. The molecule has 116 valence electrons. The quantitative estimate of drug-likeness (QED) is 0.940. The highest BCUT2D eigenvalue weighted by Crippen LogP contribution is 2.19. The molecule has 0 radical (unpaired) electrons. The number of oxazole rings is 1. The van der Waals surface area contributed by atoms with Crippen LogP contribution < -0.4 is 5.32 Å². The predicted octanol–water partition coefficient (Wildman–Crippen LogP) is 1.85. The first-order chi connectivity index (χ1) is 10.7. The maximum absolute atomic E-state index is 12.9. The van der Waals surface area contributed by atoms with Crippen LogP contribution in [0.5, 0.6) is 0 Å². The van der Waals surface area contributed by atoms with E-state index in [1.807, 2.05) is 4.90 Å². The highest BCUT2D eigenvalue weighted by Gasteiger charge is 2.17. The van der Waals surface area contributed by atoms with Crippen molar-refractivity contribution in [2.45, 2.75) is 12.8 Å². The lowest BCUT2D eigenvalue weighted by Gasteiger charge is -2.19. The summed E-state index contributed by atoms with van der Waals surface area (Å²) in [7, 11) is 0. The van der Waals surface area contributed by atoms with Gasteiger partial charge in [0.05, 0.1) is 12.1 Å². The third kappa shape index (κ3) is 3.51. The van der Waals surface area contributed by atoms with Gasteiger partial charge in [0.2, 0.25) is 11.8 Å². The van der Waals surface area contributed by atoms with Gasteiger partial charge in [0, 0.05) is 25.2 Å². The lowest BCUT2D eigenvalue weighted by Crippen LogP contribution is -2.35. The molecule has 1 aliphatic heterocycles. The Hall–Kier alpha value is -2.21. The molecule has 1 aliphatic rings. The molecule has 0 aliphatic carbocycles. The second kappa shape index (κ2) is 6.70. The second-order valence-electron chi connectivity index (χ2n) is 5.31. The van der Waals surface area contributed by atoms with Crippen molar-refractivity contribution in [1.82, 2.24) is 15.2 Å². The third-order valence-corrected chi connectivity index (χ3v) is 3.67. The van der Waals surface area contributed by atoms with Crippen LogP contribution in [0.15, 0.2) is 34.9 Å². The zero-order chi connectivity index (χ0) is 15.4. The van der Waals surface area contributed by atoms with Crippen molar-refractivity contribution in [2.24, 2.45) is 0 Å². The molecule has 1 fully saturated rings. The van der Waals surface area contributed by atoms with Gasteiger partial charge < -0.3 is 14.6 Å². The number of aromatic nitrogens is 1. The number of carbonyl (C=O) groups is 1. The topological polar surface area (TPSA) is 58.4 Å². The van der Waals surface area contributed by atoms with Crippen molar-refractivity contribution in [2.75, 3.05) is 26.2 Å². The van der Waals surface area contributed by atoms with E-state index < -0.39 is 0 Å². The Kier molecular flexibility index (Phi) is 4.48. The molecule has 1 amide bonds. The minimum Gasteiger partial charge on any atom is -0.444 e. The molecule has 1 N–H and O–H groups in total. The van der Waals surface area contributed by atoms with Gasteiger partial charge >= 0.3 is 0 Å². The van der Waals surface area contributed by atoms with Crippen molar-refractivity contribution < 1.29 is 13.6 Å². The van der Waals surface area contributed by atoms with E-state index >= 15 is 0 Å². The highest BCUT2D eigenvalue weighted by atomic mass is 19.1. The molecule has 6 heteroatoms. The predicted molar refractivity (Wildman–Crippen MR) is 79.7 cm³/mol. The summed E-state index contributed by atoms with van der Waals surface area (Å²) in [6, 6.07) is 5.92. The lowest BCUT2D eigenvalue weighted by molar-refractivity contribution is -0.130. The van der Waals surface area contributed by atoms with Crippen LogP contribution >= 0.6 is 0 Å². The Labute approximate surface area is 128 Å². The fraction of sp³-hybridized carbons (Fsp3) is 0.375. The van der Waals surface area contributed by atoms with E-state index in [2.05, 4.69) is 10.3 Å². The molecule has 0 spiro atoms. The van der Waals surface area contributed by atoms with Crippen molar-refractivity contribution in [1.29, 1.82) is 0 Å². The van der Waals surface area contributed by atoms with Crippen LogP contribution in [0.3, 0.4) is 0 Å². The van der Waals surface area contributed by atoms with Crippen molar-refractivity contribution in [3.8, 4) is 11.5 Å². The molecule has 1 aromatic carbocycles. The molecule has 2 heterocycles. The summed E-state index contributed by atoms with van der Waals surface area (Å²) in [6.07, 6.45) is 2.68. The van der Waals surface area contributed by atoms with Crippen molar-refractivity contribution in [3.05, 3.63) is 42.0 Å². The van der Waals surface area contributed by atoms with Gasteiger partial charge in [0.25, 0.3) is 0 Å². The first-order valence-corrected chi connectivity index (χ1v) is 7.41. The number of rotatable bonds is 3. The van der Waals surface area contributed by atoms with Crippen LogP contribution in [-0.2, 0) is 11.2 Å². The van der Waals surface area contributed by atoms with E-state index in [9.17, 15) is 9.18 Å². The number of nitrogens with zero attached hydrogens (tertiary/aromatic N) is 2. The third-order valence-electron chi connectivity index (χ3n) is 3.67. The molecule has 1 aromatic heterocycles. The first-order valence-electron chi connectivity index (χ1n) is 7.41. The summed E-state index contributed by atoms with van der Waals surface area (Å²) in [5.41, 5.74) is 1.29. The van der Waals surface area contributed by atoms with Gasteiger partial charge in [-0.1, -0.05) is 0 Å². The van der Waals surface area contributed by atoms with Crippen LogP contribution in [0.4, 0.5) is 4.39 Å². The zero-order valence-electron chi connectivity index (χ0n) is 12.2. The number of nitrogens with one attached hydrogen (secondary N) is 1. The van der Waals surface area contributed by atoms with Crippen LogP contribution in [0.1, 0.15) is 12.1 Å². The Morgan fingerprint density at radius 2 is 2.09 bits per heavy atom. The maximum atomic E-state index is 12.9. The molecule has 22 heavy (non-hydrogen) atoms. The van der Waals surface area contributed by atoms with Crippen molar-refractivity contribution >= 4 is 5.91 Å². The average molecular weight is 303 g/mol. The number of amides is 1. The van der Waals surface area contributed by atoms with E-state index in [0.717, 1.165) is 32.6 Å². The number of benzene rings is 1. The number of hydrogen-bond acceptors (Lipinski definition) is 4. The molecule has 0 saturated carbocycles. The van der Waals surface area contributed by atoms with Gasteiger partial charge in [-0.2, -0.15) is 0 Å². The van der Waals surface area contributed by atoms with Gasteiger partial charge in [0.1, 0.15) is 12.1 Å². The monoisotopic (exact) mass is 303 g/mol. The van der Waals surface area contributed by atoms with Gasteiger partial charge in [-0.25, -0.2) is 9.37 Å². The van der Waals surface area contributed by atoms with Crippen LogP contribution in [0.2, 0.25) is 0 Å². The average Bonchev–Trinajstić information content (AvgIpc) is 2.81. The number of carbonyl (C=O) groups excluding carboxylic acids is 1. The van der Waals surface area contributed by atoms with Crippen LogP contribution in [0.25, 0.3) is 11.5 Å². The molecule has 0 atom stereocenters. The van der Waals surface area contributed by atoms with E-state index in [-0.39, 0.29) is 18.1 Å². The summed E-state index contributed by atoms with van der Waals surface area (Å²) in [5.74, 6) is 0.156. The fourth-order valence-corrected chi connectivity index (χ4v) is 2.48. The molecule has 0 bridgehead atoms. The summed E-state index contributed by atoms with van der Waals surface area (Å²) in [4.78, 5) is 18.4. The standard InChI is InChI=1S/C16H18FN3O2/c17-13-4-2-12(3-5-13)16-19-14(11-22-16)10-15(21)20-8-1-6-18-7-9-20/h2-5,11,18H,1,6-10H2. The molecule has 3 rings (SSSR count). The van der Waals surface area contributed by atoms with E-state index in [1.54, 1.807) is 12.1 Å². The van der Waals surface area contributed by atoms with Gasteiger partial charge in [-0.3, -0.25) is 4.79 Å². The van der Waals surface area contributed by atoms with Crippen molar-refractivity contribution in [3.63, 3.8) is 0 Å². The maximum Gasteiger partial charge on any atom is 0.228 e. The summed E-state index contributed by atoms with van der Waals surface area (Å²) < 4.78 is 18.3. The van der Waals surface area contributed by atoms with Crippen LogP contribution in [0, 0.1) is 5.82 Å². The smallest absolute Gasteiger partial charge is 0.228 e. The molecule has 1 saturated heterocycles. The van der Waals surface area contributed by atoms with E-state index in [4.69, 9.17) is 4.42 Å². The molecule has 2 aromatic rings. The summed E-state index contributed by atoms with van der Waals surface area (Å²) >= 11 is 0. The normalized spacial score (nSPS) is 15.6. The van der Waals surface area contributed by atoms with Crippen LogP contribution in [-0.4, -0.2) is 42.0 Å². The second-order valence-corrected chi connectivity index (χ2v) is 5.31. The van der Waals surface area contributed by atoms with Gasteiger partial charge in [0.15, 0.2) is 0 Å². The summed E-state index contributed by atoms with van der Waals surface area (Å²) in [5, 5.41) is 3.27. The molecular weight excluding hydrogens is 285 g/mol. The highest BCUT2D eigenvalue weighted by molar-refractivity contribution is 5.78. The lowest BCUT2D eigenvalue weighted by atomic mass is 10.2. The molecule has 0 unspecified atom stereocenters. The Morgan fingerprint density at radius 1 is 1.27 bits per heavy atom. The van der Waals surface area contributed by atoms with E-state index in [1.165, 1.54) is 18.4 Å². The largest absolute Gasteiger partial charge is 0.444 e. The first kappa shape index (κ1) is 14.7. The molecule has 5 nitrogen and oxygen atoms in total. The zero-order valence-corrected chi connectivity index (χ0v) is 12.2. The summed E-state index contributed by atoms with van der Waals surface area (Å²) in [6.45, 7) is 3.27. The van der Waals surface area contributed by atoms with Gasteiger partial charge in [-0.05, 0) is 37.2 Å². The Morgan fingerprint density at radius 3 is 2.91 bits per heavy atom. The fourth-order valence-electron chi connectivity index (χ4n) is 2.48. The Balaban J connectivity index is 1.66. The number of hydrogen-bond donors (Lipinski definition) is 1. The van der Waals surface area contributed by atoms with Gasteiger partial charge in [-0.15, -0.1) is 0 Å². The van der Waals surface area contributed by atoms with E-state index in [0.29, 0.717) is 17.1 Å². The number of halogens is 1.